The van der Waals surface area contributed by atoms with E-state index in [0.29, 0.717) is 37.9 Å². The maximum absolute atomic E-state index is 10.1. The van der Waals surface area contributed by atoms with Crippen LogP contribution in [0.5, 0.6) is 5.88 Å². The summed E-state index contributed by atoms with van der Waals surface area (Å²) < 4.78 is 10.1. The Morgan fingerprint density at radius 3 is 3.12 bits per heavy atom. The van der Waals surface area contributed by atoms with E-state index in [9.17, 15) is 5.11 Å². The maximum Gasteiger partial charge on any atom is 0.225 e. The molecule has 1 aliphatic rings. The van der Waals surface area contributed by atoms with Gasteiger partial charge in [0.05, 0.1) is 13.7 Å². The topological polar surface area (TPSA) is 103 Å². The Kier molecular flexibility index (Phi) is 3.30. The van der Waals surface area contributed by atoms with Crippen molar-refractivity contribution in [2.45, 2.75) is 12.0 Å². The summed E-state index contributed by atoms with van der Waals surface area (Å²) in [6, 6.07) is 1.62. The van der Waals surface area contributed by atoms with Crippen LogP contribution in [0.15, 0.2) is 6.07 Å². The lowest BCUT2D eigenvalue weighted by Crippen LogP contribution is -2.37. The predicted molar refractivity (Wildman–Crippen MR) is 61.9 cm³/mol. The van der Waals surface area contributed by atoms with Crippen molar-refractivity contribution in [3.05, 3.63) is 6.07 Å². The molecule has 7 nitrogen and oxygen atoms in total. The molecule has 2 rings (SSSR count). The Morgan fingerprint density at radius 2 is 2.47 bits per heavy atom. The van der Waals surface area contributed by atoms with Crippen molar-refractivity contribution in [2.24, 2.45) is 0 Å². The lowest BCUT2D eigenvalue weighted by atomic mass is 10.0. The van der Waals surface area contributed by atoms with E-state index < -0.39 is 5.60 Å². The van der Waals surface area contributed by atoms with Gasteiger partial charge in [0.1, 0.15) is 11.4 Å². The first-order valence-corrected chi connectivity index (χ1v) is 5.34. The Hall–Kier alpha value is -1.60. The molecule has 94 valence electrons. The Morgan fingerprint density at radius 1 is 1.65 bits per heavy atom. The molecule has 0 saturated carbocycles. The number of nitrogens with one attached hydrogen (secondary N) is 1. The van der Waals surface area contributed by atoms with Gasteiger partial charge in [-0.2, -0.15) is 9.97 Å². The average Bonchev–Trinajstić information content (AvgIpc) is 2.73. The van der Waals surface area contributed by atoms with Crippen LogP contribution in [0.3, 0.4) is 0 Å². The third-order valence-electron chi connectivity index (χ3n) is 2.61. The normalized spacial score (nSPS) is 23.6. The number of aliphatic hydroxyl groups is 1. The summed E-state index contributed by atoms with van der Waals surface area (Å²) in [6.45, 7) is 1.26. The first-order valence-electron chi connectivity index (χ1n) is 5.34. The molecule has 0 radical (unpaired) electrons. The van der Waals surface area contributed by atoms with Gasteiger partial charge in [0.25, 0.3) is 0 Å². The second-order valence-electron chi connectivity index (χ2n) is 4.03. The minimum absolute atomic E-state index is 0.126. The molecule has 7 heteroatoms. The van der Waals surface area contributed by atoms with E-state index in [1.165, 1.54) is 7.11 Å². The van der Waals surface area contributed by atoms with Crippen molar-refractivity contribution >= 4 is 11.8 Å². The van der Waals surface area contributed by atoms with Gasteiger partial charge < -0.3 is 25.6 Å². The maximum atomic E-state index is 10.1. The molecular formula is C10H16N4O3. The van der Waals surface area contributed by atoms with Gasteiger partial charge in [-0.1, -0.05) is 0 Å². The lowest BCUT2D eigenvalue weighted by molar-refractivity contribution is 0.0381. The molecule has 1 aromatic heterocycles. The van der Waals surface area contributed by atoms with Crippen LogP contribution in [0.25, 0.3) is 0 Å². The predicted octanol–water partition coefficient (Wildman–Crippen LogP) is -0.369. The number of rotatable bonds is 4. The van der Waals surface area contributed by atoms with Crippen LogP contribution in [0, 0.1) is 0 Å². The van der Waals surface area contributed by atoms with E-state index in [2.05, 4.69) is 15.3 Å². The molecule has 0 aromatic carbocycles. The van der Waals surface area contributed by atoms with Crippen molar-refractivity contribution in [1.29, 1.82) is 0 Å². The first-order chi connectivity index (χ1) is 8.11. The zero-order valence-electron chi connectivity index (χ0n) is 9.64. The quantitative estimate of drug-likeness (QED) is 0.659. The van der Waals surface area contributed by atoms with Gasteiger partial charge >= 0.3 is 0 Å². The van der Waals surface area contributed by atoms with E-state index in [4.69, 9.17) is 15.2 Å². The van der Waals surface area contributed by atoms with Gasteiger partial charge in [0.15, 0.2) is 0 Å². The second-order valence-corrected chi connectivity index (χ2v) is 4.03. The van der Waals surface area contributed by atoms with E-state index in [-0.39, 0.29) is 5.95 Å². The number of nitrogens with zero attached hydrogens (tertiary/aromatic N) is 2. The summed E-state index contributed by atoms with van der Waals surface area (Å²) in [5.41, 5.74) is 4.68. The summed E-state index contributed by atoms with van der Waals surface area (Å²) >= 11 is 0. The van der Waals surface area contributed by atoms with E-state index >= 15 is 0 Å². The van der Waals surface area contributed by atoms with Crippen molar-refractivity contribution in [3.63, 3.8) is 0 Å². The number of nitrogens with two attached hydrogens (primary N) is 1. The molecule has 0 aliphatic carbocycles. The van der Waals surface area contributed by atoms with Gasteiger partial charge in [-0.05, 0) is 0 Å². The van der Waals surface area contributed by atoms with Crippen LogP contribution in [0.2, 0.25) is 0 Å². The van der Waals surface area contributed by atoms with E-state index in [1.807, 2.05) is 0 Å². The number of ether oxygens (including phenoxy) is 2. The average molecular weight is 240 g/mol. The first kappa shape index (κ1) is 11.9. The smallest absolute Gasteiger partial charge is 0.225 e. The molecule has 1 atom stereocenters. The van der Waals surface area contributed by atoms with Crippen LogP contribution < -0.4 is 15.8 Å². The van der Waals surface area contributed by atoms with Crippen LogP contribution in [0.4, 0.5) is 11.8 Å². The largest absolute Gasteiger partial charge is 0.481 e. The van der Waals surface area contributed by atoms with Crippen molar-refractivity contribution in [3.8, 4) is 5.88 Å². The molecule has 1 fully saturated rings. The fourth-order valence-corrected chi connectivity index (χ4v) is 1.63. The highest BCUT2D eigenvalue weighted by atomic mass is 16.5. The number of hydrogen-bond donors (Lipinski definition) is 3. The van der Waals surface area contributed by atoms with Crippen LogP contribution in [-0.2, 0) is 4.74 Å². The number of hydrogen-bond acceptors (Lipinski definition) is 7. The molecule has 4 N–H and O–H groups in total. The summed E-state index contributed by atoms with van der Waals surface area (Å²) in [6.07, 6.45) is 0.609. The van der Waals surface area contributed by atoms with Crippen molar-refractivity contribution < 1.29 is 14.6 Å². The molecule has 0 bridgehead atoms. The zero-order chi connectivity index (χ0) is 12.3. The highest BCUT2D eigenvalue weighted by molar-refractivity contribution is 5.43. The molecule has 1 unspecified atom stereocenters. The summed E-state index contributed by atoms with van der Waals surface area (Å²) in [7, 11) is 1.50. The monoisotopic (exact) mass is 240 g/mol. The third-order valence-corrected chi connectivity index (χ3v) is 2.61. The van der Waals surface area contributed by atoms with E-state index in [1.54, 1.807) is 6.07 Å². The fraction of sp³-hybridized carbons (Fsp3) is 0.600. The highest BCUT2D eigenvalue weighted by Crippen LogP contribution is 2.20. The van der Waals surface area contributed by atoms with Crippen LogP contribution in [-0.4, -0.2) is 47.5 Å². The number of methoxy groups -OCH3 is 1. The Balaban J connectivity index is 2.00. The molecule has 17 heavy (non-hydrogen) atoms. The van der Waals surface area contributed by atoms with Gasteiger partial charge in [0.2, 0.25) is 11.8 Å². The van der Waals surface area contributed by atoms with Gasteiger partial charge in [0, 0.05) is 25.6 Å². The summed E-state index contributed by atoms with van der Waals surface area (Å²) in [5.74, 6) is 1.03. The third kappa shape index (κ3) is 2.95. The second kappa shape index (κ2) is 4.72. The van der Waals surface area contributed by atoms with Gasteiger partial charge in [-0.3, -0.25) is 0 Å². The number of nitrogen functional groups attached to an aromatic ring is 1. The SMILES string of the molecule is COc1cc(NCC2(O)CCOC2)nc(N)n1. The number of anilines is 2. The zero-order valence-corrected chi connectivity index (χ0v) is 9.64. The summed E-state index contributed by atoms with van der Waals surface area (Å²) in [4.78, 5) is 7.86. The van der Waals surface area contributed by atoms with Crippen molar-refractivity contribution in [1.82, 2.24) is 9.97 Å². The highest BCUT2D eigenvalue weighted by Gasteiger charge is 2.32. The van der Waals surface area contributed by atoms with Gasteiger partial charge in [-0.25, -0.2) is 0 Å². The Bertz CT molecular complexity index is 393. The number of aromatic nitrogens is 2. The van der Waals surface area contributed by atoms with Crippen molar-refractivity contribution in [2.75, 3.05) is 37.9 Å². The minimum Gasteiger partial charge on any atom is -0.481 e. The fourth-order valence-electron chi connectivity index (χ4n) is 1.63. The molecule has 2 heterocycles. The molecule has 0 amide bonds. The lowest BCUT2D eigenvalue weighted by Gasteiger charge is -2.21. The molecule has 1 aromatic rings. The molecule has 1 aliphatic heterocycles. The summed E-state index contributed by atoms with van der Waals surface area (Å²) in [5, 5.41) is 13.1. The molecule has 1 saturated heterocycles. The van der Waals surface area contributed by atoms with Crippen LogP contribution in [0.1, 0.15) is 6.42 Å². The van der Waals surface area contributed by atoms with Crippen LogP contribution >= 0.6 is 0 Å². The van der Waals surface area contributed by atoms with E-state index in [0.717, 1.165) is 0 Å². The standard InChI is InChI=1S/C10H16N4O3/c1-16-8-4-7(13-9(11)14-8)12-5-10(15)2-3-17-6-10/h4,15H,2-3,5-6H2,1H3,(H3,11,12,13,14). The Labute approximate surface area is 99.0 Å². The molecule has 0 spiro atoms. The molecular weight excluding hydrogens is 224 g/mol. The van der Waals surface area contributed by atoms with Gasteiger partial charge in [-0.15, -0.1) is 0 Å². The minimum atomic E-state index is -0.840.